The lowest BCUT2D eigenvalue weighted by molar-refractivity contribution is 0.0313. The van der Waals surface area contributed by atoms with Gasteiger partial charge in [-0.15, -0.1) is 0 Å². The molecular weight excluding hydrogens is 284 g/mol. The van der Waals surface area contributed by atoms with Crippen LogP contribution in [0.3, 0.4) is 0 Å². The number of ether oxygens (including phenoxy) is 1. The molecule has 8 heteroatoms. The third kappa shape index (κ3) is 2.82. The van der Waals surface area contributed by atoms with E-state index in [-0.39, 0.29) is 23.2 Å². The molecule has 0 aromatic carbocycles. The van der Waals surface area contributed by atoms with Crippen molar-refractivity contribution in [2.24, 2.45) is 0 Å². The van der Waals surface area contributed by atoms with Crippen molar-refractivity contribution in [3.8, 4) is 0 Å². The molecule has 2 heterocycles. The second-order valence-corrected chi connectivity index (χ2v) is 6.28. The lowest BCUT2D eigenvalue weighted by atomic mass is 10.2. The molecule has 1 aliphatic rings. The first kappa shape index (κ1) is 14.9. The van der Waals surface area contributed by atoms with E-state index in [0.29, 0.717) is 19.6 Å². The predicted molar refractivity (Wildman–Crippen MR) is 70.0 cm³/mol. The third-order valence-corrected chi connectivity index (χ3v) is 5.07. The van der Waals surface area contributed by atoms with Crippen molar-refractivity contribution in [1.29, 1.82) is 0 Å². The fraction of sp³-hybridized carbons (Fsp3) is 0.500. The van der Waals surface area contributed by atoms with Crippen LogP contribution in [0.15, 0.2) is 23.4 Å². The zero-order valence-electron chi connectivity index (χ0n) is 11.0. The van der Waals surface area contributed by atoms with Crippen LogP contribution in [0.25, 0.3) is 0 Å². The second kappa shape index (κ2) is 5.86. The van der Waals surface area contributed by atoms with Gasteiger partial charge in [-0.3, -0.25) is 0 Å². The maximum absolute atomic E-state index is 12.5. The molecule has 1 unspecified atom stereocenters. The Bertz CT molecular complexity index is 584. The molecule has 20 heavy (non-hydrogen) atoms. The summed E-state index contributed by atoms with van der Waals surface area (Å²) < 4.78 is 31.7. The molecule has 1 fully saturated rings. The van der Waals surface area contributed by atoms with Crippen LogP contribution >= 0.6 is 0 Å². The fourth-order valence-corrected chi connectivity index (χ4v) is 3.64. The molecular formula is C12H16N2O5S. The smallest absolute Gasteiger partial charge is 0.337 e. The van der Waals surface area contributed by atoms with E-state index in [1.54, 1.807) is 0 Å². The molecule has 110 valence electrons. The van der Waals surface area contributed by atoms with Crippen LogP contribution in [0.4, 0.5) is 0 Å². The van der Waals surface area contributed by atoms with E-state index in [1.807, 2.05) is 6.92 Å². The van der Waals surface area contributed by atoms with E-state index < -0.39 is 16.0 Å². The van der Waals surface area contributed by atoms with E-state index in [2.05, 4.69) is 4.98 Å². The van der Waals surface area contributed by atoms with Crippen LogP contribution in [0.2, 0.25) is 0 Å². The normalized spacial score (nSPS) is 20.8. The monoisotopic (exact) mass is 300 g/mol. The van der Waals surface area contributed by atoms with Gasteiger partial charge < -0.3 is 9.84 Å². The van der Waals surface area contributed by atoms with Crippen molar-refractivity contribution in [2.75, 3.05) is 19.8 Å². The summed E-state index contributed by atoms with van der Waals surface area (Å²) in [5, 5.41) is 8.65. The van der Waals surface area contributed by atoms with Gasteiger partial charge in [0.25, 0.3) is 10.0 Å². The number of pyridine rings is 1. The van der Waals surface area contributed by atoms with E-state index in [1.165, 1.54) is 16.4 Å². The van der Waals surface area contributed by atoms with Crippen LogP contribution < -0.4 is 0 Å². The highest BCUT2D eigenvalue weighted by molar-refractivity contribution is 7.89. The minimum absolute atomic E-state index is 0.0435. The Morgan fingerprint density at radius 2 is 2.30 bits per heavy atom. The Morgan fingerprint density at radius 1 is 1.55 bits per heavy atom. The highest BCUT2D eigenvalue weighted by Crippen LogP contribution is 2.20. The Morgan fingerprint density at radius 3 is 2.85 bits per heavy atom. The van der Waals surface area contributed by atoms with Crippen LogP contribution in [0, 0.1) is 0 Å². The molecule has 0 spiro atoms. The zero-order chi connectivity index (χ0) is 14.8. The molecule has 7 nitrogen and oxygen atoms in total. The Balaban J connectivity index is 2.31. The van der Waals surface area contributed by atoms with E-state index in [0.717, 1.165) is 6.20 Å². The van der Waals surface area contributed by atoms with Crippen LogP contribution in [0.5, 0.6) is 0 Å². The standard InChI is InChI=1S/C12H16N2O5S/c1-2-10-8-19-6-5-14(10)20(17,18)11-4-3-9(7-13-11)12(15)16/h3-4,7,10H,2,5-6,8H2,1H3,(H,15,16). The number of morpholine rings is 1. The molecule has 0 radical (unpaired) electrons. The van der Waals surface area contributed by atoms with Gasteiger partial charge in [-0.05, 0) is 18.6 Å². The van der Waals surface area contributed by atoms with Crippen molar-refractivity contribution in [1.82, 2.24) is 9.29 Å². The molecule has 0 aliphatic carbocycles. The summed E-state index contributed by atoms with van der Waals surface area (Å²) in [6, 6.07) is 2.25. The first-order chi connectivity index (χ1) is 9.46. The third-order valence-electron chi connectivity index (χ3n) is 3.20. The molecule has 1 aromatic rings. The molecule has 0 bridgehead atoms. The number of rotatable bonds is 4. The van der Waals surface area contributed by atoms with Crippen LogP contribution in [-0.4, -0.2) is 54.6 Å². The van der Waals surface area contributed by atoms with Gasteiger partial charge in [0.1, 0.15) is 0 Å². The Kier molecular flexibility index (Phi) is 4.36. The average Bonchev–Trinajstić information content (AvgIpc) is 2.47. The highest BCUT2D eigenvalue weighted by Gasteiger charge is 2.33. The van der Waals surface area contributed by atoms with Crippen molar-refractivity contribution in [2.45, 2.75) is 24.4 Å². The van der Waals surface area contributed by atoms with Crippen molar-refractivity contribution in [3.63, 3.8) is 0 Å². The number of carboxylic acids is 1. The molecule has 2 rings (SSSR count). The second-order valence-electron chi connectivity index (χ2n) is 4.44. The summed E-state index contributed by atoms with van der Waals surface area (Å²) in [7, 11) is -3.72. The number of sulfonamides is 1. The van der Waals surface area contributed by atoms with E-state index >= 15 is 0 Å². The zero-order valence-corrected chi connectivity index (χ0v) is 11.8. The van der Waals surface area contributed by atoms with Crippen molar-refractivity contribution >= 4 is 16.0 Å². The molecule has 1 aliphatic heterocycles. The summed E-state index contributed by atoms with van der Waals surface area (Å²) >= 11 is 0. The number of carbonyl (C=O) groups is 1. The van der Waals surface area contributed by atoms with Gasteiger partial charge in [0.15, 0.2) is 5.03 Å². The maximum atomic E-state index is 12.5. The van der Waals surface area contributed by atoms with Crippen LogP contribution in [0.1, 0.15) is 23.7 Å². The molecule has 1 atom stereocenters. The first-order valence-corrected chi connectivity index (χ1v) is 7.69. The molecule has 0 saturated carbocycles. The van der Waals surface area contributed by atoms with E-state index in [9.17, 15) is 13.2 Å². The molecule has 1 N–H and O–H groups in total. The van der Waals surface area contributed by atoms with Gasteiger partial charge in [-0.2, -0.15) is 4.31 Å². The fourth-order valence-electron chi connectivity index (χ4n) is 2.06. The van der Waals surface area contributed by atoms with Crippen molar-refractivity contribution < 1.29 is 23.1 Å². The number of nitrogens with zero attached hydrogens (tertiary/aromatic N) is 2. The summed E-state index contributed by atoms with van der Waals surface area (Å²) in [6.07, 6.45) is 1.70. The van der Waals surface area contributed by atoms with Gasteiger partial charge in [0.2, 0.25) is 0 Å². The highest BCUT2D eigenvalue weighted by atomic mass is 32.2. The topological polar surface area (TPSA) is 96.8 Å². The SMILES string of the molecule is CCC1COCCN1S(=O)(=O)c1ccc(C(=O)O)cn1. The number of carboxylic acid groups (broad SMARTS) is 1. The molecule has 0 amide bonds. The van der Waals surface area contributed by atoms with Gasteiger partial charge >= 0.3 is 5.97 Å². The number of aromatic carboxylic acids is 1. The number of hydrogen-bond donors (Lipinski definition) is 1. The average molecular weight is 300 g/mol. The predicted octanol–water partition coefficient (Wildman–Crippen LogP) is 0.579. The van der Waals surface area contributed by atoms with Crippen LogP contribution in [-0.2, 0) is 14.8 Å². The summed E-state index contributed by atoms with van der Waals surface area (Å²) in [4.78, 5) is 14.5. The Hall–Kier alpha value is -1.51. The van der Waals surface area contributed by atoms with Gasteiger partial charge in [-0.25, -0.2) is 18.2 Å². The van der Waals surface area contributed by atoms with E-state index in [4.69, 9.17) is 9.84 Å². The summed E-state index contributed by atoms with van der Waals surface area (Å²) in [5.41, 5.74) is -0.0435. The summed E-state index contributed by atoms with van der Waals surface area (Å²) in [5.74, 6) is -1.14. The lowest BCUT2D eigenvalue weighted by Crippen LogP contribution is -2.48. The minimum Gasteiger partial charge on any atom is -0.478 e. The first-order valence-electron chi connectivity index (χ1n) is 6.25. The minimum atomic E-state index is -3.72. The van der Waals surface area contributed by atoms with Gasteiger partial charge in [0.05, 0.1) is 18.8 Å². The van der Waals surface area contributed by atoms with Gasteiger partial charge in [0, 0.05) is 18.8 Å². The summed E-state index contributed by atoms with van der Waals surface area (Å²) in [6.45, 7) is 2.89. The number of aromatic nitrogens is 1. The molecule has 1 saturated heterocycles. The Labute approximate surface area is 117 Å². The number of hydrogen-bond acceptors (Lipinski definition) is 5. The largest absolute Gasteiger partial charge is 0.478 e. The van der Waals surface area contributed by atoms with Crippen molar-refractivity contribution in [3.05, 3.63) is 23.9 Å². The molecule has 1 aromatic heterocycles. The maximum Gasteiger partial charge on any atom is 0.337 e. The quantitative estimate of drug-likeness (QED) is 0.873. The van der Waals surface area contributed by atoms with Gasteiger partial charge in [-0.1, -0.05) is 6.92 Å². The lowest BCUT2D eigenvalue weighted by Gasteiger charge is -2.33.